The predicted molar refractivity (Wildman–Crippen MR) is 69.9 cm³/mol. The van der Waals surface area contributed by atoms with Crippen LogP contribution in [-0.4, -0.2) is 24.5 Å². The second-order valence-electron chi connectivity index (χ2n) is 3.17. The Morgan fingerprint density at radius 3 is 3.00 bits per heavy atom. The third kappa shape index (κ3) is 4.02. The molecule has 16 heavy (non-hydrogen) atoms. The van der Waals surface area contributed by atoms with Gasteiger partial charge in [0.25, 0.3) is 0 Å². The molecule has 1 aromatic rings. The van der Waals surface area contributed by atoms with Crippen molar-refractivity contribution in [2.45, 2.75) is 19.9 Å². The molecule has 0 unspecified atom stereocenters. The molecule has 0 saturated heterocycles. The lowest BCUT2D eigenvalue weighted by Gasteiger charge is -2.08. The largest absolute Gasteiger partial charge is 0.353 e. The van der Waals surface area contributed by atoms with Crippen LogP contribution < -0.4 is 10.6 Å². The number of aryl methyl sites for hydroxylation is 1. The van der Waals surface area contributed by atoms with Crippen LogP contribution in [0, 0.1) is 0 Å². The first-order valence-electron chi connectivity index (χ1n) is 5.29. The van der Waals surface area contributed by atoms with Gasteiger partial charge in [0, 0.05) is 24.7 Å². The Balaban J connectivity index is 2.40. The highest BCUT2D eigenvalue weighted by Crippen LogP contribution is 2.12. The van der Waals surface area contributed by atoms with E-state index in [0.29, 0.717) is 13.1 Å². The number of aliphatic imine (C=N–C) groups is 1. The SMILES string of the molecule is C=CCNC(=NC)NCc1ncc(CC)s1. The number of guanidine groups is 1. The Kier molecular flexibility index (Phi) is 5.56. The van der Waals surface area contributed by atoms with E-state index in [2.05, 4.69) is 34.1 Å². The van der Waals surface area contributed by atoms with Crippen LogP contribution >= 0.6 is 11.3 Å². The van der Waals surface area contributed by atoms with Crippen molar-refractivity contribution in [1.29, 1.82) is 0 Å². The first-order valence-corrected chi connectivity index (χ1v) is 6.10. The van der Waals surface area contributed by atoms with E-state index >= 15 is 0 Å². The van der Waals surface area contributed by atoms with Crippen LogP contribution in [0.3, 0.4) is 0 Å². The van der Waals surface area contributed by atoms with Crippen molar-refractivity contribution in [2.75, 3.05) is 13.6 Å². The van der Waals surface area contributed by atoms with Gasteiger partial charge in [-0.25, -0.2) is 4.98 Å². The fourth-order valence-electron chi connectivity index (χ4n) is 1.14. The summed E-state index contributed by atoms with van der Waals surface area (Å²) >= 11 is 1.73. The molecular weight excluding hydrogens is 220 g/mol. The van der Waals surface area contributed by atoms with Gasteiger partial charge in [-0.1, -0.05) is 13.0 Å². The summed E-state index contributed by atoms with van der Waals surface area (Å²) in [6.07, 6.45) is 4.77. The zero-order valence-electron chi connectivity index (χ0n) is 9.79. The van der Waals surface area contributed by atoms with Gasteiger partial charge in [0.1, 0.15) is 5.01 Å². The van der Waals surface area contributed by atoms with Crippen LogP contribution in [0.5, 0.6) is 0 Å². The highest BCUT2D eigenvalue weighted by Gasteiger charge is 2.01. The van der Waals surface area contributed by atoms with Gasteiger partial charge in [-0.15, -0.1) is 17.9 Å². The number of hydrogen-bond acceptors (Lipinski definition) is 3. The second kappa shape index (κ2) is 7.00. The maximum atomic E-state index is 4.33. The molecule has 0 saturated carbocycles. The zero-order chi connectivity index (χ0) is 11.8. The van der Waals surface area contributed by atoms with Gasteiger partial charge in [-0.3, -0.25) is 4.99 Å². The summed E-state index contributed by atoms with van der Waals surface area (Å²) in [5.41, 5.74) is 0. The zero-order valence-corrected chi connectivity index (χ0v) is 10.6. The van der Waals surface area contributed by atoms with Gasteiger partial charge in [-0.05, 0) is 6.42 Å². The summed E-state index contributed by atoms with van der Waals surface area (Å²) in [5, 5.41) is 7.39. The molecule has 0 bridgehead atoms. The molecule has 0 aliphatic heterocycles. The first kappa shape index (κ1) is 12.7. The van der Waals surface area contributed by atoms with Crippen molar-refractivity contribution in [1.82, 2.24) is 15.6 Å². The van der Waals surface area contributed by atoms with E-state index < -0.39 is 0 Å². The topological polar surface area (TPSA) is 49.3 Å². The number of nitrogens with one attached hydrogen (secondary N) is 2. The summed E-state index contributed by atoms with van der Waals surface area (Å²) < 4.78 is 0. The van der Waals surface area contributed by atoms with Crippen molar-refractivity contribution < 1.29 is 0 Å². The summed E-state index contributed by atoms with van der Waals surface area (Å²) in [4.78, 5) is 9.73. The number of thiazole rings is 1. The average Bonchev–Trinajstić information content (AvgIpc) is 2.77. The minimum absolute atomic E-state index is 0.706. The van der Waals surface area contributed by atoms with Crippen molar-refractivity contribution in [3.8, 4) is 0 Å². The third-order valence-corrected chi connectivity index (χ3v) is 3.14. The lowest BCUT2D eigenvalue weighted by molar-refractivity contribution is 0.840. The van der Waals surface area contributed by atoms with Gasteiger partial charge in [-0.2, -0.15) is 0 Å². The molecule has 0 fully saturated rings. The van der Waals surface area contributed by atoms with E-state index in [0.717, 1.165) is 17.4 Å². The summed E-state index contributed by atoms with van der Waals surface area (Å²) in [7, 11) is 1.75. The fourth-order valence-corrected chi connectivity index (χ4v) is 1.94. The number of aromatic nitrogens is 1. The molecule has 0 atom stereocenters. The summed E-state index contributed by atoms with van der Waals surface area (Å²) in [6.45, 7) is 7.19. The molecular formula is C11H18N4S. The first-order chi connectivity index (χ1) is 7.80. The van der Waals surface area contributed by atoms with Crippen LogP contribution in [0.25, 0.3) is 0 Å². The summed E-state index contributed by atoms with van der Waals surface area (Å²) in [5.74, 6) is 0.771. The monoisotopic (exact) mass is 238 g/mol. The number of nitrogens with zero attached hydrogens (tertiary/aromatic N) is 2. The van der Waals surface area contributed by atoms with E-state index in [4.69, 9.17) is 0 Å². The van der Waals surface area contributed by atoms with E-state index in [-0.39, 0.29) is 0 Å². The van der Waals surface area contributed by atoms with Gasteiger partial charge < -0.3 is 10.6 Å². The van der Waals surface area contributed by atoms with E-state index in [1.165, 1.54) is 4.88 Å². The Bertz CT molecular complexity index is 357. The molecule has 0 amide bonds. The fraction of sp³-hybridized carbons (Fsp3) is 0.455. The molecule has 0 aliphatic carbocycles. The lowest BCUT2D eigenvalue weighted by atomic mass is 10.4. The molecule has 0 aliphatic rings. The molecule has 2 N–H and O–H groups in total. The van der Waals surface area contributed by atoms with E-state index in [1.54, 1.807) is 24.5 Å². The number of rotatable bonds is 5. The maximum absolute atomic E-state index is 4.33. The van der Waals surface area contributed by atoms with Crippen LogP contribution in [0.15, 0.2) is 23.8 Å². The standard InChI is InChI=1S/C11H18N4S/c1-4-6-13-11(12-3)15-8-10-14-7-9(5-2)16-10/h4,7H,1,5-6,8H2,2-3H3,(H2,12,13,15). The quantitative estimate of drug-likeness (QED) is 0.465. The van der Waals surface area contributed by atoms with Gasteiger partial charge in [0.15, 0.2) is 5.96 Å². The third-order valence-electron chi connectivity index (χ3n) is 1.99. The van der Waals surface area contributed by atoms with Crippen molar-refractivity contribution in [2.24, 2.45) is 4.99 Å². The van der Waals surface area contributed by atoms with Crippen LogP contribution in [0.4, 0.5) is 0 Å². The van der Waals surface area contributed by atoms with Crippen molar-refractivity contribution in [3.63, 3.8) is 0 Å². The van der Waals surface area contributed by atoms with Crippen LogP contribution in [0.2, 0.25) is 0 Å². The Labute approximate surface area is 101 Å². The summed E-state index contributed by atoms with van der Waals surface area (Å²) in [6, 6.07) is 0. The molecule has 0 aromatic carbocycles. The smallest absolute Gasteiger partial charge is 0.191 e. The van der Waals surface area contributed by atoms with Gasteiger partial charge in [0.05, 0.1) is 6.54 Å². The van der Waals surface area contributed by atoms with Crippen molar-refractivity contribution in [3.05, 3.63) is 28.7 Å². The highest BCUT2D eigenvalue weighted by molar-refractivity contribution is 7.11. The minimum atomic E-state index is 0.706. The van der Waals surface area contributed by atoms with Crippen molar-refractivity contribution >= 4 is 17.3 Å². The normalized spacial score (nSPS) is 11.2. The molecule has 0 spiro atoms. The molecule has 1 aromatic heterocycles. The molecule has 1 heterocycles. The van der Waals surface area contributed by atoms with Crippen LogP contribution in [0.1, 0.15) is 16.8 Å². The Morgan fingerprint density at radius 2 is 2.44 bits per heavy atom. The number of hydrogen-bond donors (Lipinski definition) is 2. The molecule has 1 rings (SSSR count). The molecule has 0 radical (unpaired) electrons. The highest BCUT2D eigenvalue weighted by atomic mass is 32.1. The average molecular weight is 238 g/mol. The maximum Gasteiger partial charge on any atom is 0.191 e. The van der Waals surface area contributed by atoms with E-state index in [1.807, 2.05) is 6.20 Å². The lowest BCUT2D eigenvalue weighted by Crippen LogP contribution is -2.36. The van der Waals surface area contributed by atoms with E-state index in [9.17, 15) is 0 Å². The van der Waals surface area contributed by atoms with Gasteiger partial charge in [0.2, 0.25) is 0 Å². The predicted octanol–water partition coefficient (Wildman–Crippen LogP) is 1.56. The Morgan fingerprint density at radius 1 is 1.62 bits per heavy atom. The molecule has 4 nitrogen and oxygen atoms in total. The van der Waals surface area contributed by atoms with Crippen LogP contribution in [-0.2, 0) is 13.0 Å². The second-order valence-corrected chi connectivity index (χ2v) is 4.37. The Hall–Kier alpha value is -1.36. The minimum Gasteiger partial charge on any atom is -0.353 e. The molecule has 88 valence electrons. The molecule has 5 heteroatoms. The van der Waals surface area contributed by atoms with Gasteiger partial charge >= 0.3 is 0 Å².